The molecule has 1 saturated heterocycles. The minimum Gasteiger partial charge on any atom is -0.296 e. The fourth-order valence-corrected chi connectivity index (χ4v) is 4.64. The van der Waals surface area contributed by atoms with Crippen molar-refractivity contribution in [3.8, 4) is 0 Å². The van der Waals surface area contributed by atoms with Crippen LogP contribution in [-0.2, 0) is 16.6 Å². The van der Waals surface area contributed by atoms with Gasteiger partial charge in [0.15, 0.2) is 0 Å². The quantitative estimate of drug-likeness (QED) is 0.788. The van der Waals surface area contributed by atoms with Crippen molar-refractivity contribution in [1.29, 1.82) is 0 Å². The molecule has 8 heteroatoms. The molecule has 0 radical (unpaired) electrons. The van der Waals surface area contributed by atoms with Gasteiger partial charge in [-0.05, 0) is 23.6 Å². The largest absolute Gasteiger partial charge is 0.296 e. The van der Waals surface area contributed by atoms with E-state index in [2.05, 4.69) is 21.3 Å². The molecule has 0 bridgehead atoms. The van der Waals surface area contributed by atoms with Gasteiger partial charge in [-0.25, -0.2) is 13.4 Å². The molecule has 0 saturated carbocycles. The molecule has 1 aliphatic rings. The predicted molar refractivity (Wildman–Crippen MR) is 87.6 cm³/mol. The maximum atomic E-state index is 12.5. The van der Waals surface area contributed by atoms with E-state index in [1.807, 2.05) is 6.07 Å². The molecule has 0 N–H and O–H groups in total. The van der Waals surface area contributed by atoms with E-state index < -0.39 is 10.0 Å². The molecule has 5 nitrogen and oxygen atoms in total. The summed E-state index contributed by atoms with van der Waals surface area (Å²) < 4.78 is 26.6. The second-order valence-corrected chi connectivity index (χ2v) is 8.43. The number of hydrogen-bond donors (Lipinski definition) is 0. The summed E-state index contributed by atoms with van der Waals surface area (Å²) in [6.07, 6.45) is 1.32. The summed E-state index contributed by atoms with van der Waals surface area (Å²) in [5, 5.41) is 2.35. The fourth-order valence-electron chi connectivity index (χ4n) is 2.41. The Kier molecular flexibility index (Phi) is 4.79. The standard InChI is InChI=1S/C14H16ClN3O2S2/c15-14-4-3-13(10-16-14)22(19,20)18-7-5-17(6-8-18)11-12-2-1-9-21-12/h1-4,9-10H,5-8,11H2. The van der Waals surface area contributed by atoms with E-state index in [-0.39, 0.29) is 4.90 Å². The minimum absolute atomic E-state index is 0.198. The number of nitrogens with zero attached hydrogens (tertiary/aromatic N) is 3. The van der Waals surface area contributed by atoms with Gasteiger partial charge in [-0.1, -0.05) is 17.7 Å². The van der Waals surface area contributed by atoms with Crippen molar-refractivity contribution >= 4 is 33.0 Å². The minimum atomic E-state index is -3.48. The van der Waals surface area contributed by atoms with Crippen molar-refractivity contribution in [3.05, 3.63) is 45.9 Å². The van der Waals surface area contributed by atoms with Crippen LogP contribution in [0.15, 0.2) is 40.7 Å². The SMILES string of the molecule is O=S(=O)(c1ccc(Cl)nc1)N1CCN(Cc2cccs2)CC1. The molecule has 2 aromatic rings. The first kappa shape index (κ1) is 15.9. The molecule has 2 aromatic heterocycles. The number of piperazine rings is 1. The van der Waals surface area contributed by atoms with Gasteiger partial charge in [-0.3, -0.25) is 4.90 Å². The molecule has 0 spiro atoms. The fraction of sp³-hybridized carbons (Fsp3) is 0.357. The molecular weight excluding hydrogens is 342 g/mol. The Hall–Kier alpha value is -0.990. The van der Waals surface area contributed by atoms with Crippen molar-refractivity contribution in [2.45, 2.75) is 11.4 Å². The molecule has 3 rings (SSSR count). The van der Waals surface area contributed by atoms with Crippen LogP contribution in [0.2, 0.25) is 5.15 Å². The van der Waals surface area contributed by atoms with Gasteiger partial charge in [0.1, 0.15) is 10.0 Å². The highest BCUT2D eigenvalue weighted by molar-refractivity contribution is 7.89. The van der Waals surface area contributed by atoms with Crippen LogP contribution in [0.5, 0.6) is 0 Å². The summed E-state index contributed by atoms with van der Waals surface area (Å²) >= 11 is 7.44. The van der Waals surface area contributed by atoms with Crippen LogP contribution in [-0.4, -0.2) is 48.8 Å². The van der Waals surface area contributed by atoms with Gasteiger partial charge in [0.2, 0.25) is 10.0 Å². The third kappa shape index (κ3) is 3.49. The van der Waals surface area contributed by atoms with Crippen LogP contribution in [0.25, 0.3) is 0 Å². The average molecular weight is 358 g/mol. The maximum absolute atomic E-state index is 12.5. The molecule has 1 fully saturated rings. The molecule has 1 aliphatic heterocycles. The molecule has 22 heavy (non-hydrogen) atoms. The van der Waals surface area contributed by atoms with Crippen LogP contribution >= 0.6 is 22.9 Å². The summed E-state index contributed by atoms with van der Waals surface area (Å²) in [4.78, 5) is 7.63. The second kappa shape index (κ2) is 6.64. The van der Waals surface area contributed by atoms with Crippen LogP contribution in [0.3, 0.4) is 0 Å². The number of rotatable bonds is 4. The first-order valence-corrected chi connectivity index (χ1v) is 9.62. The van der Waals surface area contributed by atoms with Gasteiger partial charge in [0.05, 0.1) is 0 Å². The van der Waals surface area contributed by atoms with Crippen LogP contribution in [0.4, 0.5) is 0 Å². The average Bonchev–Trinajstić information content (AvgIpc) is 3.01. The lowest BCUT2D eigenvalue weighted by molar-refractivity contribution is 0.183. The first-order chi connectivity index (χ1) is 10.6. The third-order valence-corrected chi connectivity index (χ3v) is 6.60. The van der Waals surface area contributed by atoms with E-state index in [0.29, 0.717) is 18.2 Å². The Labute approximate surface area is 139 Å². The van der Waals surface area contributed by atoms with E-state index in [1.165, 1.54) is 27.5 Å². The zero-order valence-corrected chi connectivity index (χ0v) is 14.2. The summed E-state index contributed by atoms with van der Waals surface area (Å²) in [7, 11) is -3.48. The van der Waals surface area contributed by atoms with Gasteiger partial charge in [0.25, 0.3) is 0 Å². The van der Waals surface area contributed by atoms with Gasteiger partial charge in [-0.15, -0.1) is 11.3 Å². The molecule has 0 aliphatic carbocycles. The molecule has 3 heterocycles. The Bertz CT molecular complexity index is 709. The third-order valence-electron chi connectivity index (χ3n) is 3.63. The lowest BCUT2D eigenvalue weighted by Gasteiger charge is -2.33. The van der Waals surface area contributed by atoms with Crippen LogP contribution < -0.4 is 0 Å². The van der Waals surface area contributed by atoms with Crippen molar-refractivity contribution in [2.24, 2.45) is 0 Å². The molecule has 0 aromatic carbocycles. The number of sulfonamides is 1. The number of aromatic nitrogens is 1. The number of pyridine rings is 1. The lowest BCUT2D eigenvalue weighted by Crippen LogP contribution is -2.48. The highest BCUT2D eigenvalue weighted by Gasteiger charge is 2.28. The van der Waals surface area contributed by atoms with Gasteiger partial charge >= 0.3 is 0 Å². The molecule has 118 valence electrons. The zero-order chi connectivity index (χ0) is 15.6. The highest BCUT2D eigenvalue weighted by atomic mass is 35.5. The Morgan fingerprint density at radius 3 is 2.55 bits per heavy atom. The number of halogens is 1. The molecule has 0 atom stereocenters. The summed E-state index contributed by atoms with van der Waals surface area (Å²) in [6.45, 7) is 3.34. The van der Waals surface area contributed by atoms with Crippen molar-refractivity contribution < 1.29 is 8.42 Å². The van der Waals surface area contributed by atoms with Crippen LogP contribution in [0.1, 0.15) is 4.88 Å². The molecular formula is C14H16ClN3O2S2. The molecule has 0 unspecified atom stereocenters. The van der Waals surface area contributed by atoms with Crippen molar-refractivity contribution in [3.63, 3.8) is 0 Å². The van der Waals surface area contributed by atoms with Crippen molar-refractivity contribution in [1.82, 2.24) is 14.2 Å². The Morgan fingerprint density at radius 1 is 1.18 bits per heavy atom. The highest BCUT2D eigenvalue weighted by Crippen LogP contribution is 2.19. The lowest BCUT2D eigenvalue weighted by atomic mass is 10.3. The van der Waals surface area contributed by atoms with E-state index in [1.54, 1.807) is 11.3 Å². The first-order valence-electron chi connectivity index (χ1n) is 6.92. The predicted octanol–water partition coefficient (Wildman–Crippen LogP) is 2.30. The van der Waals surface area contributed by atoms with E-state index in [9.17, 15) is 8.42 Å². The van der Waals surface area contributed by atoms with Gasteiger partial charge < -0.3 is 0 Å². The van der Waals surface area contributed by atoms with E-state index in [4.69, 9.17) is 11.6 Å². The van der Waals surface area contributed by atoms with E-state index >= 15 is 0 Å². The maximum Gasteiger partial charge on any atom is 0.244 e. The smallest absolute Gasteiger partial charge is 0.244 e. The van der Waals surface area contributed by atoms with Gasteiger partial charge in [-0.2, -0.15) is 4.31 Å². The number of thiophene rings is 1. The summed E-state index contributed by atoms with van der Waals surface area (Å²) in [6, 6.07) is 7.14. The van der Waals surface area contributed by atoms with Gasteiger partial charge in [0, 0.05) is 43.8 Å². The molecule has 0 amide bonds. The number of hydrogen-bond acceptors (Lipinski definition) is 5. The topological polar surface area (TPSA) is 53.5 Å². The summed E-state index contributed by atoms with van der Waals surface area (Å²) in [5.41, 5.74) is 0. The summed E-state index contributed by atoms with van der Waals surface area (Å²) in [5.74, 6) is 0. The Morgan fingerprint density at radius 2 is 1.95 bits per heavy atom. The monoisotopic (exact) mass is 357 g/mol. The second-order valence-electron chi connectivity index (χ2n) is 5.08. The zero-order valence-electron chi connectivity index (χ0n) is 11.9. The van der Waals surface area contributed by atoms with Crippen LogP contribution in [0, 0.1) is 0 Å². The van der Waals surface area contributed by atoms with Crippen molar-refractivity contribution in [2.75, 3.05) is 26.2 Å². The Balaban J connectivity index is 1.64. The van der Waals surface area contributed by atoms with E-state index in [0.717, 1.165) is 19.6 Å². The normalized spacial score (nSPS) is 17.7.